The predicted molar refractivity (Wildman–Crippen MR) is 97.1 cm³/mol. The number of nitrogens with zero attached hydrogens (tertiary/aromatic N) is 4. The fourth-order valence-electron chi connectivity index (χ4n) is 2.77. The Labute approximate surface area is 160 Å². The standard InChI is InChI=1S/C18H18ClFN4O3/c1-12(27-17(26)14-11-13(19)3-4-15(14)20)16(25)23-7-9-24(10-8-23)18-21-5-2-6-22-18/h2-6,11-12H,7-10H2,1H3. The van der Waals surface area contributed by atoms with Crippen LogP contribution in [0.25, 0.3) is 0 Å². The largest absolute Gasteiger partial charge is 0.449 e. The van der Waals surface area contributed by atoms with Gasteiger partial charge < -0.3 is 14.5 Å². The van der Waals surface area contributed by atoms with Gasteiger partial charge in [0.25, 0.3) is 5.91 Å². The lowest BCUT2D eigenvalue weighted by Crippen LogP contribution is -2.52. The van der Waals surface area contributed by atoms with Crippen LogP contribution in [-0.2, 0) is 9.53 Å². The maximum Gasteiger partial charge on any atom is 0.341 e. The van der Waals surface area contributed by atoms with E-state index in [1.165, 1.54) is 19.1 Å². The topological polar surface area (TPSA) is 75.6 Å². The minimum Gasteiger partial charge on any atom is -0.449 e. The van der Waals surface area contributed by atoms with Crippen molar-refractivity contribution < 1.29 is 18.7 Å². The average molecular weight is 393 g/mol. The SMILES string of the molecule is CC(OC(=O)c1cc(Cl)ccc1F)C(=O)N1CCN(c2ncccn2)CC1. The van der Waals surface area contributed by atoms with Gasteiger partial charge in [-0.3, -0.25) is 4.79 Å². The Kier molecular flexibility index (Phi) is 5.85. The number of hydrogen-bond donors (Lipinski definition) is 0. The summed E-state index contributed by atoms with van der Waals surface area (Å²) in [6, 6.07) is 5.32. The van der Waals surface area contributed by atoms with E-state index in [0.29, 0.717) is 32.1 Å². The van der Waals surface area contributed by atoms with E-state index >= 15 is 0 Å². The van der Waals surface area contributed by atoms with E-state index in [2.05, 4.69) is 9.97 Å². The van der Waals surface area contributed by atoms with E-state index in [1.54, 1.807) is 23.4 Å². The van der Waals surface area contributed by atoms with Gasteiger partial charge >= 0.3 is 5.97 Å². The Morgan fingerprint density at radius 2 is 1.85 bits per heavy atom. The van der Waals surface area contributed by atoms with E-state index in [1.807, 2.05) is 4.90 Å². The van der Waals surface area contributed by atoms with Crippen LogP contribution in [0.5, 0.6) is 0 Å². The highest BCUT2D eigenvalue weighted by atomic mass is 35.5. The summed E-state index contributed by atoms with van der Waals surface area (Å²) in [6.45, 7) is 3.50. The molecule has 1 saturated heterocycles. The van der Waals surface area contributed by atoms with Crippen LogP contribution in [0.3, 0.4) is 0 Å². The molecule has 1 atom stereocenters. The smallest absolute Gasteiger partial charge is 0.341 e. The number of carbonyl (C=O) groups excluding carboxylic acids is 2. The third-order valence-electron chi connectivity index (χ3n) is 4.21. The summed E-state index contributed by atoms with van der Waals surface area (Å²) in [5.41, 5.74) is -0.298. The highest BCUT2D eigenvalue weighted by Crippen LogP contribution is 2.17. The maximum atomic E-state index is 13.8. The van der Waals surface area contributed by atoms with Gasteiger partial charge in [-0.05, 0) is 31.2 Å². The van der Waals surface area contributed by atoms with Gasteiger partial charge in [0.05, 0.1) is 5.56 Å². The number of carbonyl (C=O) groups is 2. The second-order valence-electron chi connectivity index (χ2n) is 6.03. The first-order chi connectivity index (χ1) is 13.0. The van der Waals surface area contributed by atoms with Crippen molar-refractivity contribution in [2.24, 2.45) is 0 Å². The number of piperazine rings is 1. The van der Waals surface area contributed by atoms with Crippen LogP contribution >= 0.6 is 11.6 Å². The first-order valence-corrected chi connectivity index (χ1v) is 8.80. The van der Waals surface area contributed by atoms with Crippen molar-refractivity contribution in [3.63, 3.8) is 0 Å². The molecule has 0 radical (unpaired) electrons. The molecule has 0 bridgehead atoms. The molecule has 1 unspecified atom stereocenters. The van der Waals surface area contributed by atoms with Crippen molar-refractivity contribution in [3.8, 4) is 0 Å². The zero-order valence-corrected chi connectivity index (χ0v) is 15.4. The van der Waals surface area contributed by atoms with E-state index in [9.17, 15) is 14.0 Å². The summed E-state index contributed by atoms with van der Waals surface area (Å²) in [5.74, 6) is -1.40. The van der Waals surface area contributed by atoms with Crippen LogP contribution in [0, 0.1) is 5.82 Å². The Balaban J connectivity index is 1.56. The van der Waals surface area contributed by atoms with E-state index in [0.717, 1.165) is 6.07 Å². The minimum absolute atomic E-state index is 0.210. The molecule has 142 valence electrons. The zero-order valence-electron chi connectivity index (χ0n) is 14.6. The molecule has 0 N–H and O–H groups in total. The Hall–Kier alpha value is -2.74. The maximum absolute atomic E-state index is 13.8. The lowest BCUT2D eigenvalue weighted by atomic mass is 10.2. The Bertz CT molecular complexity index is 829. The Morgan fingerprint density at radius 3 is 2.52 bits per heavy atom. The highest BCUT2D eigenvalue weighted by Gasteiger charge is 2.28. The molecule has 0 aliphatic carbocycles. The second-order valence-corrected chi connectivity index (χ2v) is 6.47. The number of ether oxygens (including phenoxy) is 1. The monoisotopic (exact) mass is 392 g/mol. The van der Waals surface area contributed by atoms with Crippen molar-refractivity contribution in [1.82, 2.24) is 14.9 Å². The van der Waals surface area contributed by atoms with Gasteiger partial charge in [-0.15, -0.1) is 0 Å². The number of benzene rings is 1. The van der Waals surface area contributed by atoms with Crippen molar-refractivity contribution >= 4 is 29.4 Å². The van der Waals surface area contributed by atoms with Crippen LogP contribution < -0.4 is 4.90 Å². The summed E-state index contributed by atoms with van der Waals surface area (Å²) in [7, 11) is 0. The number of hydrogen-bond acceptors (Lipinski definition) is 6. The van der Waals surface area contributed by atoms with Crippen molar-refractivity contribution in [3.05, 3.63) is 53.1 Å². The van der Waals surface area contributed by atoms with Crippen LogP contribution in [-0.4, -0.2) is 59.0 Å². The number of esters is 1. The van der Waals surface area contributed by atoms with E-state index in [-0.39, 0.29) is 16.5 Å². The fourth-order valence-corrected chi connectivity index (χ4v) is 2.94. The molecule has 1 aliphatic rings. The van der Waals surface area contributed by atoms with Gasteiger partial charge in [0, 0.05) is 43.6 Å². The minimum atomic E-state index is -1.03. The number of rotatable bonds is 4. The van der Waals surface area contributed by atoms with E-state index in [4.69, 9.17) is 16.3 Å². The second kappa shape index (κ2) is 8.30. The van der Waals surface area contributed by atoms with Gasteiger partial charge in [-0.2, -0.15) is 0 Å². The van der Waals surface area contributed by atoms with Gasteiger partial charge in [-0.1, -0.05) is 11.6 Å². The van der Waals surface area contributed by atoms with Crippen molar-refractivity contribution in [1.29, 1.82) is 0 Å². The Morgan fingerprint density at radius 1 is 1.19 bits per heavy atom. The molecule has 7 nitrogen and oxygen atoms in total. The molecule has 1 aromatic carbocycles. The zero-order chi connectivity index (χ0) is 19.4. The third kappa shape index (κ3) is 4.51. The lowest BCUT2D eigenvalue weighted by molar-refractivity contribution is -0.140. The molecule has 0 spiro atoms. The third-order valence-corrected chi connectivity index (χ3v) is 4.44. The molecule has 1 fully saturated rings. The molecule has 1 amide bonds. The quantitative estimate of drug-likeness (QED) is 0.742. The molecule has 9 heteroatoms. The molecule has 3 rings (SSSR count). The van der Waals surface area contributed by atoms with Crippen molar-refractivity contribution in [2.45, 2.75) is 13.0 Å². The van der Waals surface area contributed by atoms with Gasteiger partial charge in [0.1, 0.15) is 5.82 Å². The normalized spacial score (nSPS) is 15.4. The molecule has 0 saturated carbocycles. The molecular weight excluding hydrogens is 375 g/mol. The number of amides is 1. The van der Waals surface area contributed by atoms with Crippen LogP contribution in [0.2, 0.25) is 5.02 Å². The molecule has 2 heterocycles. The van der Waals surface area contributed by atoms with Crippen LogP contribution in [0.4, 0.5) is 10.3 Å². The molecule has 1 aromatic heterocycles. The highest BCUT2D eigenvalue weighted by molar-refractivity contribution is 6.30. The summed E-state index contributed by atoms with van der Waals surface area (Å²) in [5, 5.41) is 0.210. The molecule has 1 aliphatic heterocycles. The summed E-state index contributed by atoms with van der Waals surface area (Å²) in [4.78, 5) is 36.6. The van der Waals surface area contributed by atoms with Gasteiger partial charge in [0.2, 0.25) is 5.95 Å². The molecule has 27 heavy (non-hydrogen) atoms. The predicted octanol–water partition coefficient (Wildman–Crippen LogP) is 2.16. The average Bonchev–Trinajstić information content (AvgIpc) is 2.70. The van der Waals surface area contributed by atoms with Crippen LogP contribution in [0.1, 0.15) is 17.3 Å². The van der Waals surface area contributed by atoms with Crippen molar-refractivity contribution in [2.75, 3.05) is 31.1 Å². The molecule has 2 aromatic rings. The van der Waals surface area contributed by atoms with Crippen LogP contribution in [0.15, 0.2) is 36.7 Å². The fraction of sp³-hybridized carbons (Fsp3) is 0.333. The summed E-state index contributed by atoms with van der Waals surface area (Å²) in [6.07, 6.45) is 2.29. The first kappa shape index (κ1) is 19.0. The summed E-state index contributed by atoms with van der Waals surface area (Å²) < 4.78 is 18.9. The number of anilines is 1. The summed E-state index contributed by atoms with van der Waals surface area (Å²) >= 11 is 5.78. The van der Waals surface area contributed by atoms with Gasteiger partial charge in [0.15, 0.2) is 6.10 Å². The van der Waals surface area contributed by atoms with E-state index < -0.39 is 17.9 Å². The first-order valence-electron chi connectivity index (χ1n) is 8.42. The number of aromatic nitrogens is 2. The van der Waals surface area contributed by atoms with Gasteiger partial charge in [-0.25, -0.2) is 19.2 Å². The number of halogens is 2. The molecular formula is C18H18ClFN4O3. The lowest BCUT2D eigenvalue weighted by Gasteiger charge is -2.35.